The van der Waals surface area contributed by atoms with Crippen molar-refractivity contribution in [2.75, 3.05) is 0 Å². The highest BCUT2D eigenvalue weighted by molar-refractivity contribution is 5.01. The van der Waals surface area contributed by atoms with Gasteiger partial charge < -0.3 is 4.74 Å². The van der Waals surface area contributed by atoms with Gasteiger partial charge in [0.1, 0.15) is 6.23 Å². The van der Waals surface area contributed by atoms with Crippen LogP contribution in [0.1, 0.15) is 66.2 Å². The molecule has 5 heteroatoms. The van der Waals surface area contributed by atoms with Crippen LogP contribution in [-0.2, 0) is 4.74 Å². The molecule has 122 valence electrons. The summed E-state index contributed by atoms with van der Waals surface area (Å²) < 4.78 is 7.31. The Balaban J connectivity index is 0.000000921. The minimum Gasteiger partial charge on any atom is -0.354 e. The normalized spacial score (nSPS) is 23.7. The maximum Gasteiger partial charge on any atom is 0.330 e. The van der Waals surface area contributed by atoms with Crippen LogP contribution >= 0.6 is 0 Å². The van der Waals surface area contributed by atoms with Crippen LogP contribution in [0.25, 0.3) is 0 Å². The topological polar surface area (TPSA) is 64.1 Å². The number of hydrogen-bond acceptors (Lipinski definition) is 3. The fourth-order valence-electron chi connectivity index (χ4n) is 2.34. The summed E-state index contributed by atoms with van der Waals surface area (Å²) in [5.74, 6) is 0.434. The molecule has 1 fully saturated rings. The summed E-state index contributed by atoms with van der Waals surface area (Å²) in [7, 11) is 0. The van der Waals surface area contributed by atoms with Gasteiger partial charge in [-0.25, -0.2) is 4.79 Å². The number of aromatic amines is 1. The maximum atomic E-state index is 11.7. The van der Waals surface area contributed by atoms with E-state index in [1.165, 1.54) is 4.57 Å². The summed E-state index contributed by atoms with van der Waals surface area (Å²) in [6.07, 6.45) is 3.27. The molecule has 1 aliphatic rings. The Morgan fingerprint density at radius 3 is 2.33 bits per heavy atom. The van der Waals surface area contributed by atoms with Crippen molar-refractivity contribution in [1.29, 1.82) is 0 Å². The van der Waals surface area contributed by atoms with Crippen molar-refractivity contribution < 1.29 is 4.74 Å². The van der Waals surface area contributed by atoms with Gasteiger partial charge in [-0.05, 0) is 25.7 Å². The Hall–Kier alpha value is -1.36. The van der Waals surface area contributed by atoms with Gasteiger partial charge in [-0.2, -0.15) is 0 Å². The molecule has 2 heterocycles. The van der Waals surface area contributed by atoms with Crippen molar-refractivity contribution >= 4 is 0 Å². The average molecular weight is 298 g/mol. The smallest absolute Gasteiger partial charge is 0.330 e. The van der Waals surface area contributed by atoms with Crippen LogP contribution in [0, 0.1) is 12.8 Å². The molecular weight excluding hydrogens is 268 g/mol. The zero-order valence-electron chi connectivity index (χ0n) is 14.4. The van der Waals surface area contributed by atoms with Crippen LogP contribution in [0.5, 0.6) is 0 Å². The number of nitrogens with zero attached hydrogens (tertiary/aromatic N) is 1. The molecule has 21 heavy (non-hydrogen) atoms. The van der Waals surface area contributed by atoms with Gasteiger partial charge >= 0.3 is 5.69 Å². The van der Waals surface area contributed by atoms with E-state index < -0.39 is 5.69 Å². The largest absolute Gasteiger partial charge is 0.354 e. The van der Waals surface area contributed by atoms with Crippen molar-refractivity contribution in [3.8, 4) is 0 Å². The minimum atomic E-state index is -0.394. The zero-order valence-corrected chi connectivity index (χ0v) is 14.4. The molecule has 2 rings (SSSR count). The molecule has 1 saturated heterocycles. The van der Waals surface area contributed by atoms with E-state index in [-0.39, 0.29) is 17.9 Å². The van der Waals surface area contributed by atoms with Crippen molar-refractivity contribution in [3.05, 3.63) is 32.6 Å². The molecule has 1 aromatic rings. The number of aromatic nitrogens is 2. The quantitative estimate of drug-likeness (QED) is 0.911. The molecule has 1 N–H and O–H groups in total. The van der Waals surface area contributed by atoms with Gasteiger partial charge in [0.05, 0.1) is 6.10 Å². The molecule has 1 aromatic heterocycles. The third kappa shape index (κ3) is 4.84. The highest BCUT2D eigenvalue weighted by atomic mass is 16.5. The van der Waals surface area contributed by atoms with Crippen LogP contribution < -0.4 is 11.2 Å². The van der Waals surface area contributed by atoms with E-state index >= 15 is 0 Å². The predicted molar refractivity (Wildman–Crippen MR) is 86.7 cm³/mol. The van der Waals surface area contributed by atoms with Gasteiger partial charge in [-0.3, -0.25) is 14.3 Å². The fourth-order valence-corrected chi connectivity index (χ4v) is 2.34. The first-order valence-electron chi connectivity index (χ1n) is 8.00. The van der Waals surface area contributed by atoms with Crippen LogP contribution in [0.3, 0.4) is 0 Å². The SMILES string of the molecule is CC.CC.CCC1OC(n2cc(C)c(=O)[nH]c2=O)CC1C. The first kappa shape index (κ1) is 19.6. The second-order valence-electron chi connectivity index (χ2n) is 4.73. The molecule has 0 amide bonds. The van der Waals surface area contributed by atoms with Crippen molar-refractivity contribution in [2.24, 2.45) is 5.92 Å². The molecule has 3 atom stereocenters. The Kier molecular flexibility index (Phi) is 8.93. The fraction of sp³-hybridized carbons (Fsp3) is 0.750. The third-order valence-electron chi connectivity index (χ3n) is 3.40. The second kappa shape index (κ2) is 9.55. The highest BCUT2D eigenvalue weighted by Gasteiger charge is 2.32. The van der Waals surface area contributed by atoms with E-state index in [1.54, 1.807) is 13.1 Å². The summed E-state index contributed by atoms with van der Waals surface area (Å²) in [5, 5.41) is 0. The van der Waals surface area contributed by atoms with E-state index in [4.69, 9.17) is 4.74 Å². The number of nitrogens with one attached hydrogen (secondary N) is 1. The van der Waals surface area contributed by atoms with Crippen LogP contribution in [0.4, 0.5) is 0 Å². The number of aryl methyl sites for hydroxylation is 1. The van der Waals surface area contributed by atoms with Gasteiger partial charge in [0.25, 0.3) is 5.56 Å². The zero-order chi connectivity index (χ0) is 16.6. The minimum absolute atomic E-state index is 0.194. The van der Waals surface area contributed by atoms with Crippen molar-refractivity contribution in [2.45, 2.75) is 73.6 Å². The molecule has 0 spiro atoms. The average Bonchev–Trinajstić information content (AvgIpc) is 2.88. The highest BCUT2D eigenvalue weighted by Crippen LogP contribution is 2.33. The van der Waals surface area contributed by atoms with Gasteiger partial charge in [0.15, 0.2) is 0 Å². The number of ether oxygens (including phenoxy) is 1. The van der Waals surface area contributed by atoms with Crippen LogP contribution in [0.15, 0.2) is 15.8 Å². The summed E-state index contributed by atoms with van der Waals surface area (Å²) in [6.45, 7) is 13.9. The van der Waals surface area contributed by atoms with Gasteiger partial charge in [0, 0.05) is 11.8 Å². The maximum absolute atomic E-state index is 11.7. The molecule has 0 aliphatic carbocycles. The first-order valence-corrected chi connectivity index (χ1v) is 8.00. The molecule has 1 aliphatic heterocycles. The lowest BCUT2D eigenvalue weighted by atomic mass is 10.0. The lowest BCUT2D eigenvalue weighted by Gasteiger charge is -2.15. The predicted octanol–water partition coefficient (Wildman–Crippen LogP) is 3.23. The molecule has 0 aromatic carbocycles. The van der Waals surface area contributed by atoms with E-state index in [9.17, 15) is 9.59 Å². The van der Waals surface area contributed by atoms with Gasteiger partial charge in [-0.15, -0.1) is 0 Å². The van der Waals surface area contributed by atoms with Crippen LogP contribution in [0.2, 0.25) is 0 Å². The van der Waals surface area contributed by atoms with Crippen molar-refractivity contribution in [1.82, 2.24) is 9.55 Å². The Bertz CT molecular complexity index is 519. The molecule has 3 unspecified atom stereocenters. The standard InChI is InChI=1S/C12H18N2O3.2C2H6/c1-4-9-7(2)5-10(17-9)14-6-8(3)11(15)13-12(14)16;2*1-2/h6-7,9-10H,4-5H2,1-3H3,(H,13,15,16);2*1-2H3. The monoisotopic (exact) mass is 298 g/mol. The van der Waals surface area contributed by atoms with E-state index in [1.807, 2.05) is 27.7 Å². The number of rotatable bonds is 2. The Morgan fingerprint density at radius 2 is 1.86 bits per heavy atom. The van der Waals surface area contributed by atoms with E-state index in [0.717, 1.165) is 12.8 Å². The molecule has 0 saturated carbocycles. The molecule has 5 nitrogen and oxygen atoms in total. The van der Waals surface area contributed by atoms with Crippen molar-refractivity contribution in [3.63, 3.8) is 0 Å². The van der Waals surface area contributed by atoms with E-state index in [2.05, 4.69) is 18.8 Å². The Morgan fingerprint density at radius 1 is 1.29 bits per heavy atom. The van der Waals surface area contributed by atoms with E-state index in [0.29, 0.717) is 11.5 Å². The lowest BCUT2D eigenvalue weighted by Crippen LogP contribution is -2.33. The number of hydrogen-bond donors (Lipinski definition) is 1. The first-order chi connectivity index (χ1) is 10.0. The molecule has 0 bridgehead atoms. The second-order valence-corrected chi connectivity index (χ2v) is 4.73. The third-order valence-corrected chi connectivity index (χ3v) is 3.40. The van der Waals surface area contributed by atoms with Gasteiger partial charge in [-0.1, -0.05) is 41.5 Å². The number of H-pyrrole nitrogens is 1. The summed E-state index contributed by atoms with van der Waals surface area (Å²) in [6, 6.07) is 0. The Labute approximate surface area is 127 Å². The molecule has 0 radical (unpaired) electrons. The summed E-state index contributed by atoms with van der Waals surface area (Å²) in [4.78, 5) is 25.3. The van der Waals surface area contributed by atoms with Gasteiger partial charge in [0.2, 0.25) is 0 Å². The molecular formula is C16H30N2O3. The summed E-state index contributed by atoms with van der Waals surface area (Å²) >= 11 is 0. The lowest BCUT2D eigenvalue weighted by molar-refractivity contribution is -0.00768. The summed E-state index contributed by atoms with van der Waals surface area (Å²) in [5.41, 5.74) is -0.195. The van der Waals surface area contributed by atoms with Crippen LogP contribution in [-0.4, -0.2) is 15.7 Å².